The molecular formula is C20H20FNO2. The summed E-state index contributed by atoms with van der Waals surface area (Å²) in [7, 11) is 0. The van der Waals surface area contributed by atoms with Crippen LogP contribution in [-0.2, 0) is 17.6 Å². The van der Waals surface area contributed by atoms with Crippen molar-refractivity contribution in [3.05, 3.63) is 70.7 Å². The normalized spacial score (nSPS) is 11.0. The summed E-state index contributed by atoms with van der Waals surface area (Å²) in [5.74, 6) is -0.318. The van der Waals surface area contributed by atoms with Crippen molar-refractivity contribution in [2.24, 2.45) is 0 Å². The molecule has 0 aliphatic heterocycles. The first-order valence-electron chi connectivity index (χ1n) is 8.01. The topological polar surface area (TPSA) is 42.2 Å². The molecule has 0 atom stereocenters. The van der Waals surface area contributed by atoms with E-state index in [-0.39, 0.29) is 18.1 Å². The van der Waals surface area contributed by atoms with Crippen LogP contribution in [0, 0.1) is 19.7 Å². The van der Waals surface area contributed by atoms with Crippen molar-refractivity contribution < 1.29 is 13.6 Å². The standard InChI is InChI=1S/C20H20FNO2/c1-13-8-18-16(12-24-19(18)9-14(13)2)11-20(23)22-7-6-15-4-3-5-17(21)10-15/h3-5,8-10,12H,6-7,11H2,1-2H3,(H,22,23). The molecule has 3 rings (SSSR count). The van der Waals surface area contributed by atoms with Gasteiger partial charge in [0.25, 0.3) is 0 Å². The zero-order valence-electron chi connectivity index (χ0n) is 13.9. The Morgan fingerprint density at radius 3 is 2.75 bits per heavy atom. The van der Waals surface area contributed by atoms with Gasteiger partial charge in [0, 0.05) is 17.5 Å². The fraction of sp³-hybridized carbons (Fsp3) is 0.250. The van der Waals surface area contributed by atoms with E-state index in [9.17, 15) is 9.18 Å². The van der Waals surface area contributed by atoms with Crippen LogP contribution in [0.3, 0.4) is 0 Å². The number of carbonyl (C=O) groups is 1. The van der Waals surface area contributed by atoms with Gasteiger partial charge in [0.2, 0.25) is 5.91 Å². The highest BCUT2D eigenvalue weighted by atomic mass is 19.1. The van der Waals surface area contributed by atoms with Crippen LogP contribution in [0.1, 0.15) is 22.3 Å². The highest BCUT2D eigenvalue weighted by Crippen LogP contribution is 2.25. The van der Waals surface area contributed by atoms with Crippen LogP contribution in [0.15, 0.2) is 47.1 Å². The predicted octanol–water partition coefficient (Wildman–Crippen LogP) is 4.09. The minimum atomic E-state index is -0.255. The van der Waals surface area contributed by atoms with Crippen LogP contribution < -0.4 is 5.32 Å². The number of halogens is 1. The van der Waals surface area contributed by atoms with E-state index in [4.69, 9.17) is 4.42 Å². The van der Waals surface area contributed by atoms with Crippen molar-refractivity contribution in [3.8, 4) is 0 Å². The Labute approximate surface area is 140 Å². The van der Waals surface area contributed by atoms with Crippen molar-refractivity contribution in [1.82, 2.24) is 5.32 Å². The fourth-order valence-corrected chi connectivity index (χ4v) is 2.75. The summed E-state index contributed by atoms with van der Waals surface area (Å²) >= 11 is 0. The number of benzene rings is 2. The number of amides is 1. The first-order valence-corrected chi connectivity index (χ1v) is 8.01. The maximum atomic E-state index is 13.1. The molecule has 0 fully saturated rings. The Balaban J connectivity index is 1.60. The molecule has 1 N–H and O–H groups in total. The van der Waals surface area contributed by atoms with Crippen molar-refractivity contribution in [1.29, 1.82) is 0 Å². The highest BCUT2D eigenvalue weighted by Gasteiger charge is 2.11. The van der Waals surface area contributed by atoms with E-state index in [2.05, 4.69) is 11.4 Å². The molecule has 0 aliphatic rings. The van der Waals surface area contributed by atoms with Gasteiger partial charge in [-0.3, -0.25) is 4.79 Å². The van der Waals surface area contributed by atoms with Crippen molar-refractivity contribution in [2.45, 2.75) is 26.7 Å². The van der Waals surface area contributed by atoms with Gasteiger partial charge >= 0.3 is 0 Å². The Morgan fingerprint density at radius 2 is 1.96 bits per heavy atom. The highest BCUT2D eigenvalue weighted by molar-refractivity contribution is 5.88. The summed E-state index contributed by atoms with van der Waals surface area (Å²) in [5.41, 5.74) is 4.91. The minimum Gasteiger partial charge on any atom is -0.464 e. The van der Waals surface area contributed by atoms with Gasteiger partial charge in [-0.05, 0) is 61.2 Å². The molecule has 0 saturated heterocycles. The van der Waals surface area contributed by atoms with E-state index in [1.807, 2.05) is 26.0 Å². The average molecular weight is 325 g/mol. The quantitative estimate of drug-likeness (QED) is 0.768. The Hall–Kier alpha value is -2.62. The van der Waals surface area contributed by atoms with E-state index in [1.54, 1.807) is 12.3 Å². The van der Waals surface area contributed by atoms with Gasteiger partial charge in [-0.1, -0.05) is 12.1 Å². The number of hydrogen-bond acceptors (Lipinski definition) is 2. The molecule has 124 valence electrons. The lowest BCUT2D eigenvalue weighted by Crippen LogP contribution is -2.27. The van der Waals surface area contributed by atoms with Crippen molar-refractivity contribution >= 4 is 16.9 Å². The van der Waals surface area contributed by atoms with Gasteiger partial charge in [-0.15, -0.1) is 0 Å². The molecule has 1 heterocycles. The number of nitrogens with one attached hydrogen (secondary N) is 1. The summed E-state index contributed by atoms with van der Waals surface area (Å²) < 4.78 is 18.7. The second-order valence-electron chi connectivity index (χ2n) is 6.10. The molecule has 0 saturated carbocycles. The molecule has 4 heteroatoms. The van der Waals surface area contributed by atoms with Gasteiger partial charge in [0.15, 0.2) is 0 Å². The van der Waals surface area contributed by atoms with Gasteiger partial charge in [0.1, 0.15) is 11.4 Å². The third kappa shape index (κ3) is 3.65. The van der Waals surface area contributed by atoms with E-state index in [1.165, 1.54) is 23.3 Å². The average Bonchev–Trinajstić information content (AvgIpc) is 2.90. The Kier molecular flexibility index (Phi) is 4.65. The SMILES string of the molecule is Cc1cc2occ(CC(=O)NCCc3cccc(F)c3)c2cc1C. The molecule has 0 radical (unpaired) electrons. The predicted molar refractivity (Wildman–Crippen MR) is 92.5 cm³/mol. The molecule has 1 aromatic heterocycles. The molecule has 0 bridgehead atoms. The molecule has 24 heavy (non-hydrogen) atoms. The van der Waals surface area contributed by atoms with Crippen LogP contribution in [0.4, 0.5) is 4.39 Å². The van der Waals surface area contributed by atoms with Gasteiger partial charge in [0.05, 0.1) is 12.7 Å². The van der Waals surface area contributed by atoms with Crippen LogP contribution in [0.2, 0.25) is 0 Å². The number of carbonyl (C=O) groups excluding carboxylic acids is 1. The fourth-order valence-electron chi connectivity index (χ4n) is 2.75. The number of rotatable bonds is 5. The van der Waals surface area contributed by atoms with Gasteiger partial charge in [-0.2, -0.15) is 0 Å². The first kappa shape index (κ1) is 16.2. The van der Waals surface area contributed by atoms with Crippen molar-refractivity contribution in [2.75, 3.05) is 6.54 Å². The van der Waals surface area contributed by atoms with Gasteiger partial charge < -0.3 is 9.73 Å². The van der Waals surface area contributed by atoms with E-state index < -0.39 is 0 Å². The lowest BCUT2D eigenvalue weighted by molar-refractivity contribution is -0.120. The number of aryl methyl sites for hydroxylation is 2. The Bertz CT molecular complexity index is 882. The Morgan fingerprint density at radius 1 is 1.17 bits per heavy atom. The van der Waals surface area contributed by atoms with Gasteiger partial charge in [-0.25, -0.2) is 4.39 Å². The summed E-state index contributed by atoms with van der Waals surface area (Å²) in [6, 6.07) is 10.5. The zero-order chi connectivity index (χ0) is 17.1. The largest absolute Gasteiger partial charge is 0.464 e. The first-order chi connectivity index (χ1) is 11.5. The molecule has 0 spiro atoms. The van der Waals surface area contributed by atoms with Crippen LogP contribution in [0.5, 0.6) is 0 Å². The van der Waals surface area contributed by atoms with E-state index in [0.717, 1.165) is 22.1 Å². The van der Waals surface area contributed by atoms with Crippen LogP contribution in [-0.4, -0.2) is 12.5 Å². The molecule has 0 aliphatic carbocycles. The maximum Gasteiger partial charge on any atom is 0.224 e. The van der Waals surface area contributed by atoms with Crippen LogP contribution >= 0.6 is 0 Å². The molecule has 2 aromatic carbocycles. The molecule has 3 nitrogen and oxygen atoms in total. The molecule has 1 amide bonds. The van der Waals surface area contributed by atoms with E-state index >= 15 is 0 Å². The lowest BCUT2D eigenvalue weighted by atomic mass is 10.0. The third-order valence-corrected chi connectivity index (χ3v) is 4.25. The second kappa shape index (κ2) is 6.87. The number of furan rings is 1. The number of fused-ring (bicyclic) bond motifs is 1. The van der Waals surface area contributed by atoms with E-state index in [0.29, 0.717) is 13.0 Å². The molecular weight excluding hydrogens is 305 g/mol. The lowest BCUT2D eigenvalue weighted by Gasteiger charge is -2.05. The summed E-state index contributed by atoms with van der Waals surface area (Å²) in [6.45, 7) is 4.57. The summed E-state index contributed by atoms with van der Waals surface area (Å²) in [6.07, 6.45) is 2.53. The third-order valence-electron chi connectivity index (χ3n) is 4.25. The smallest absolute Gasteiger partial charge is 0.224 e. The minimum absolute atomic E-state index is 0.0627. The zero-order valence-corrected chi connectivity index (χ0v) is 13.9. The molecule has 3 aromatic rings. The van der Waals surface area contributed by atoms with Crippen LogP contribution in [0.25, 0.3) is 11.0 Å². The van der Waals surface area contributed by atoms with Crippen molar-refractivity contribution in [3.63, 3.8) is 0 Å². The monoisotopic (exact) mass is 325 g/mol. The summed E-state index contributed by atoms with van der Waals surface area (Å²) in [4.78, 5) is 12.1. The number of hydrogen-bond donors (Lipinski definition) is 1. The summed E-state index contributed by atoms with van der Waals surface area (Å²) in [5, 5.41) is 3.86. The molecule has 0 unspecified atom stereocenters. The second-order valence-corrected chi connectivity index (χ2v) is 6.10. The maximum absolute atomic E-state index is 13.1.